The number of aryl methyl sites for hydroxylation is 1. The molecule has 0 N–H and O–H groups in total. The Hall–Kier alpha value is -2.99. The minimum atomic E-state index is 0.278. The van der Waals surface area contributed by atoms with Crippen LogP contribution in [0.2, 0.25) is 0 Å². The van der Waals surface area contributed by atoms with Crippen LogP contribution in [0.5, 0.6) is 0 Å². The minimum Gasteiger partial charge on any atom is -0.289 e. The van der Waals surface area contributed by atoms with Crippen molar-refractivity contribution in [2.45, 2.75) is 27.2 Å². The predicted molar refractivity (Wildman–Crippen MR) is 106 cm³/mol. The van der Waals surface area contributed by atoms with Gasteiger partial charge in [0.05, 0.1) is 11.1 Å². The molecule has 2 aromatic heterocycles. The van der Waals surface area contributed by atoms with Gasteiger partial charge in [-0.2, -0.15) is 0 Å². The van der Waals surface area contributed by atoms with E-state index in [0.29, 0.717) is 0 Å². The van der Waals surface area contributed by atoms with E-state index in [2.05, 4.69) is 64.9 Å². The largest absolute Gasteiger partial charge is 0.289 e. The molecule has 0 radical (unpaired) electrons. The Morgan fingerprint density at radius 3 is 2.54 bits per heavy atom. The first-order chi connectivity index (χ1) is 12.5. The molecule has 26 heavy (non-hydrogen) atoms. The highest BCUT2D eigenvalue weighted by molar-refractivity contribution is 6.02. The van der Waals surface area contributed by atoms with Crippen molar-refractivity contribution < 1.29 is 0 Å². The van der Waals surface area contributed by atoms with Crippen LogP contribution in [-0.4, -0.2) is 22.2 Å². The average Bonchev–Trinajstić information content (AvgIpc) is 3.02. The van der Waals surface area contributed by atoms with E-state index in [0.717, 1.165) is 40.7 Å². The van der Waals surface area contributed by atoms with Crippen LogP contribution in [-0.2, 0) is 0 Å². The van der Waals surface area contributed by atoms with Crippen molar-refractivity contribution in [2.24, 2.45) is 10.4 Å². The quantitative estimate of drug-likeness (QED) is 0.610. The summed E-state index contributed by atoms with van der Waals surface area (Å²) in [5.74, 6) is 6.46. The molecule has 128 valence electrons. The molecule has 0 fully saturated rings. The maximum absolute atomic E-state index is 4.69. The average molecular weight is 339 g/mol. The lowest BCUT2D eigenvalue weighted by Crippen LogP contribution is -2.12. The SMILES string of the molecule is Cc1ncc(C#Cc2ccc(C3=NCC(C)(C)C3)cc2)c2ncccc12. The summed E-state index contributed by atoms with van der Waals surface area (Å²) in [7, 11) is 0. The number of aromatic nitrogens is 2. The molecule has 4 rings (SSSR count). The second-order valence-corrected chi connectivity index (χ2v) is 7.59. The van der Waals surface area contributed by atoms with Crippen LogP contribution in [0.3, 0.4) is 0 Å². The molecular weight excluding hydrogens is 318 g/mol. The molecule has 3 heterocycles. The number of rotatable bonds is 1. The standard InChI is InChI=1S/C23H21N3/c1-16-20-5-4-12-24-22(20)19(14-25-16)11-8-17-6-9-18(10-7-17)21-13-23(2,3)15-26-21/h4-7,9-10,12,14H,13,15H2,1-3H3. The van der Waals surface area contributed by atoms with Gasteiger partial charge in [-0.1, -0.05) is 37.8 Å². The normalized spacial score (nSPS) is 15.4. The summed E-state index contributed by atoms with van der Waals surface area (Å²) >= 11 is 0. The van der Waals surface area contributed by atoms with Gasteiger partial charge in [0.1, 0.15) is 0 Å². The zero-order chi connectivity index (χ0) is 18.1. The van der Waals surface area contributed by atoms with Gasteiger partial charge in [-0.15, -0.1) is 0 Å². The molecule has 1 aliphatic rings. The van der Waals surface area contributed by atoms with Crippen LogP contribution in [0.25, 0.3) is 10.9 Å². The zero-order valence-corrected chi connectivity index (χ0v) is 15.4. The van der Waals surface area contributed by atoms with Crippen LogP contribution in [0.15, 0.2) is 53.8 Å². The van der Waals surface area contributed by atoms with Gasteiger partial charge in [-0.05, 0) is 48.6 Å². The first-order valence-electron chi connectivity index (χ1n) is 8.88. The van der Waals surface area contributed by atoms with Crippen molar-refractivity contribution in [1.82, 2.24) is 9.97 Å². The lowest BCUT2D eigenvalue weighted by Gasteiger charge is -2.14. The van der Waals surface area contributed by atoms with Crippen LogP contribution in [0, 0.1) is 24.2 Å². The van der Waals surface area contributed by atoms with Crippen molar-refractivity contribution in [2.75, 3.05) is 6.54 Å². The van der Waals surface area contributed by atoms with E-state index in [9.17, 15) is 0 Å². The minimum absolute atomic E-state index is 0.278. The van der Waals surface area contributed by atoms with Gasteiger partial charge in [-0.3, -0.25) is 15.0 Å². The summed E-state index contributed by atoms with van der Waals surface area (Å²) in [4.78, 5) is 13.6. The Bertz CT molecular complexity index is 1060. The van der Waals surface area contributed by atoms with E-state index in [4.69, 9.17) is 0 Å². The molecule has 0 amide bonds. The van der Waals surface area contributed by atoms with Gasteiger partial charge in [0.2, 0.25) is 0 Å². The van der Waals surface area contributed by atoms with E-state index >= 15 is 0 Å². The molecule has 0 bridgehead atoms. The molecule has 0 spiro atoms. The molecule has 3 nitrogen and oxygen atoms in total. The zero-order valence-electron chi connectivity index (χ0n) is 15.4. The number of benzene rings is 1. The molecule has 1 aromatic carbocycles. The Morgan fingerprint density at radius 1 is 1.00 bits per heavy atom. The third kappa shape index (κ3) is 3.23. The summed E-state index contributed by atoms with van der Waals surface area (Å²) < 4.78 is 0. The van der Waals surface area contributed by atoms with E-state index in [-0.39, 0.29) is 5.41 Å². The second kappa shape index (κ2) is 6.38. The van der Waals surface area contributed by atoms with Crippen LogP contribution in [0.1, 0.15) is 42.7 Å². The topological polar surface area (TPSA) is 38.1 Å². The van der Waals surface area contributed by atoms with Gasteiger partial charge in [0.15, 0.2) is 0 Å². The smallest absolute Gasteiger partial charge is 0.0892 e. The van der Waals surface area contributed by atoms with E-state index in [1.165, 1.54) is 11.3 Å². The highest BCUT2D eigenvalue weighted by Crippen LogP contribution is 2.29. The fourth-order valence-electron chi connectivity index (χ4n) is 3.25. The fraction of sp³-hybridized carbons (Fsp3) is 0.261. The van der Waals surface area contributed by atoms with Gasteiger partial charge in [0.25, 0.3) is 0 Å². The van der Waals surface area contributed by atoms with Gasteiger partial charge >= 0.3 is 0 Å². The first-order valence-corrected chi connectivity index (χ1v) is 8.88. The Labute approximate surface area is 154 Å². The molecule has 0 aliphatic carbocycles. The van der Waals surface area contributed by atoms with Gasteiger partial charge in [-0.25, -0.2) is 0 Å². The van der Waals surface area contributed by atoms with E-state index in [1.54, 1.807) is 12.4 Å². The van der Waals surface area contributed by atoms with Gasteiger partial charge < -0.3 is 0 Å². The Morgan fingerprint density at radius 2 is 1.81 bits per heavy atom. The summed E-state index contributed by atoms with van der Waals surface area (Å²) in [6.07, 6.45) is 4.64. The molecule has 0 saturated heterocycles. The second-order valence-electron chi connectivity index (χ2n) is 7.59. The molecule has 0 atom stereocenters. The molecule has 0 unspecified atom stereocenters. The fourth-order valence-corrected chi connectivity index (χ4v) is 3.25. The van der Waals surface area contributed by atoms with Crippen molar-refractivity contribution in [3.05, 3.63) is 71.2 Å². The van der Waals surface area contributed by atoms with Gasteiger partial charge in [0, 0.05) is 41.3 Å². The lowest BCUT2D eigenvalue weighted by atomic mass is 9.88. The number of fused-ring (bicyclic) bond motifs is 1. The predicted octanol–water partition coefficient (Wildman–Crippen LogP) is 4.56. The number of aliphatic imine (C=N–C) groups is 1. The third-order valence-electron chi connectivity index (χ3n) is 4.74. The number of pyridine rings is 2. The molecule has 3 aromatic rings. The molecule has 3 heteroatoms. The maximum Gasteiger partial charge on any atom is 0.0892 e. The van der Waals surface area contributed by atoms with E-state index < -0.39 is 0 Å². The highest BCUT2D eigenvalue weighted by Gasteiger charge is 2.26. The van der Waals surface area contributed by atoms with Crippen LogP contribution < -0.4 is 0 Å². The molecule has 1 aliphatic heterocycles. The van der Waals surface area contributed by atoms with Crippen molar-refractivity contribution in [3.8, 4) is 11.8 Å². The first kappa shape index (κ1) is 16.5. The van der Waals surface area contributed by atoms with Crippen molar-refractivity contribution in [3.63, 3.8) is 0 Å². The monoisotopic (exact) mass is 339 g/mol. The highest BCUT2D eigenvalue weighted by atomic mass is 14.8. The van der Waals surface area contributed by atoms with Crippen LogP contribution >= 0.6 is 0 Å². The molecule has 0 saturated carbocycles. The van der Waals surface area contributed by atoms with Crippen molar-refractivity contribution >= 4 is 16.6 Å². The summed E-state index contributed by atoms with van der Waals surface area (Å²) in [6.45, 7) is 7.42. The number of hydrogen-bond acceptors (Lipinski definition) is 3. The Balaban J connectivity index is 1.61. The number of hydrogen-bond donors (Lipinski definition) is 0. The maximum atomic E-state index is 4.69. The van der Waals surface area contributed by atoms with Crippen LogP contribution in [0.4, 0.5) is 0 Å². The summed E-state index contributed by atoms with van der Waals surface area (Å²) in [6, 6.07) is 12.3. The third-order valence-corrected chi connectivity index (χ3v) is 4.74. The van der Waals surface area contributed by atoms with Crippen molar-refractivity contribution in [1.29, 1.82) is 0 Å². The Kier molecular flexibility index (Phi) is 4.05. The lowest BCUT2D eigenvalue weighted by molar-refractivity contribution is 0.423. The number of nitrogens with zero attached hydrogens (tertiary/aromatic N) is 3. The molecular formula is C23H21N3. The van der Waals surface area contributed by atoms with E-state index in [1.807, 2.05) is 19.1 Å². The summed E-state index contributed by atoms with van der Waals surface area (Å²) in [5, 5.41) is 1.05. The summed E-state index contributed by atoms with van der Waals surface area (Å²) in [5.41, 5.74) is 6.40.